The van der Waals surface area contributed by atoms with E-state index < -0.39 is 11.4 Å². The van der Waals surface area contributed by atoms with E-state index in [0.29, 0.717) is 30.1 Å². The number of fused-ring (bicyclic) bond motifs is 7. The van der Waals surface area contributed by atoms with Gasteiger partial charge in [-0.25, -0.2) is 0 Å². The Bertz CT molecular complexity index is 986. The molecular formula is C33H53NO3. The highest BCUT2D eigenvalue weighted by Gasteiger charge is 2.72. The minimum Gasteiger partial charge on any atom is -0.481 e. The lowest BCUT2D eigenvalue weighted by Gasteiger charge is -2.73. The molecule has 10 atom stereocenters. The van der Waals surface area contributed by atoms with E-state index in [4.69, 9.17) is 0 Å². The second-order valence-electron chi connectivity index (χ2n) is 15.5. The number of carboxylic acid groups (broad SMARTS) is 1. The second kappa shape index (κ2) is 8.59. The van der Waals surface area contributed by atoms with Crippen LogP contribution >= 0.6 is 0 Å². The molecule has 0 aliphatic heterocycles. The van der Waals surface area contributed by atoms with Crippen LogP contribution in [-0.4, -0.2) is 23.0 Å². The van der Waals surface area contributed by atoms with Crippen molar-refractivity contribution in [2.24, 2.45) is 56.7 Å². The standard InChI is InChI=1S/C33H53NO3/c1-9-26(35)34-25-14-15-30(6)23(29(25,4)5)13-16-32(8)24(30)11-10-22-27-21(20(2)3)12-17-33(27,28(36)37)19-18-31(22,32)7/h21-25,27H,2,9-19H2,1,3-8H3,(H,34,35)(H,36,37)/t21?,22-,23?,24?,25+,27?,30+,31-,32-,33+/m1/s1. The van der Waals surface area contributed by atoms with Crippen LogP contribution in [-0.2, 0) is 9.59 Å². The van der Waals surface area contributed by atoms with Gasteiger partial charge in [0.05, 0.1) is 5.41 Å². The average molecular weight is 512 g/mol. The van der Waals surface area contributed by atoms with Crippen molar-refractivity contribution < 1.29 is 14.7 Å². The Morgan fingerprint density at radius 2 is 1.57 bits per heavy atom. The highest BCUT2D eigenvalue weighted by atomic mass is 16.4. The summed E-state index contributed by atoms with van der Waals surface area (Å²) >= 11 is 0. The Hall–Kier alpha value is -1.32. The minimum atomic E-state index is -0.546. The molecule has 0 saturated heterocycles. The molecule has 5 rings (SSSR count). The molecule has 0 radical (unpaired) electrons. The van der Waals surface area contributed by atoms with Gasteiger partial charge >= 0.3 is 5.97 Å². The number of hydrogen-bond acceptors (Lipinski definition) is 2. The molecule has 0 aromatic heterocycles. The number of rotatable bonds is 4. The number of carboxylic acids is 1. The molecule has 5 aliphatic carbocycles. The Balaban J connectivity index is 1.50. The van der Waals surface area contributed by atoms with Gasteiger partial charge in [0.2, 0.25) is 5.91 Å². The van der Waals surface area contributed by atoms with Gasteiger partial charge in [-0.2, -0.15) is 0 Å². The number of hydrogen-bond donors (Lipinski definition) is 2. The topological polar surface area (TPSA) is 66.4 Å². The van der Waals surface area contributed by atoms with E-state index >= 15 is 0 Å². The predicted molar refractivity (Wildman–Crippen MR) is 149 cm³/mol. The molecule has 5 fully saturated rings. The monoisotopic (exact) mass is 511 g/mol. The lowest BCUT2D eigenvalue weighted by molar-refractivity contribution is -0.240. The number of aliphatic carboxylic acids is 1. The molecule has 208 valence electrons. The van der Waals surface area contributed by atoms with Crippen molar-refractivity contribution in [3.05, 3.63) is 12.2 Å². The molecule has 2 N–H and O–H groups in total. The molecule has 5 saturated carbocycles. The van der Waals surface area contributed by atoms with E-state index in [1.807, 2.05) is 6.92 Å². The third-order valence-electron chi connectivity index (χ3n) is 14.2. The molecule has 0 bridgehead atoms. The number of carbonyl (C=O) groups excluding carboxylic acids is 1. The van der Waals surface area contributed by atoms with Gasteiger partial charge in [0.1, 0.15) is 0 Å². The molecule has 37 heavy (non-hydrogen) atoms. The fourth-order valence-electron chi connectivity index (χ4n) is 12.1. The van der Waals surface area contributed by atoms with E-state index in [-0.39, 0.29) is 39.5 Å². The van der Waals surface area contributed by atoms with Gasteiger partial charge < -0.3 is 10.4 Å². The second-order valence-corrected chi connectivity index (χ2v) is 15.5. The van der Waals surface area contributed by atoms with E-state index in [2.05, 4.69) is 53.4 Å². The summed E-state index contributed by atoms with van der Waals surface area (Å²) in [5.74, 6) is 1.96. The first-order chi connectivity index (χ1) is 17.2. The zero-order chi connectivity index (χ0) is 27.2. The fourth-order valence-corrected chi connectivity index (χ4v) is 12.1. The first-order valence-corrected chi connectivity index (χ1v) is 15.4. The molecule has 4 nitrogen and oxygen atoms in total. The van der Waals surface area contributed by atoms with Gasteiger partial charge in [-0.05, 0) is 122 Å². The van der Waals surface area contributed by atoms with Crippen molar-refractivity contribution in [3.8, 4) is 0 Å². The highest BCUT2D eigenvalue weighted by molar-refractivity contribution is 5.76. The fraction of sp³-hybridized carbons (Fsp3) is 0.879. The molecule has 0 aromatic rings. The van der Waals surface area contributed by atoms with Crippen molar-refractivity contribution in [2.75, 3.05) is 0 Å². The summed E-state index contributed by atoms with van der Waals surface area (Å²) in [5.41, 5.74) is 1.40. The van der Waals surface area contributed by atoms with Crippen LogP contribution < -0.4 is 5.32 Å². The van der Waals surface area contributed by atoms with Gasteiger partial charge in [-0.1, -0.05) is 53.7 Å². The molecule has 0 heterocycles. The van der Waals surface area contributed by atoms with E-state index in [1.54, 1.807) is 0 Å². The number of amides is 1. The molecule has 1 amide bonds. The number of allylic oxidation sites excluding steroid dienone is 1. The van der Waals surface area contributed by atoms with Crippen molar-refractivity contribution in [3.63, 3.8) is 0 Å². The zero-order valence-electron chi connectivity index (χ0n) is 24.7. The normalized spacial score (nSPS) is 50.1. The van der Waals surface area contributed by atoms with Gasteiger partial charge in [-0.3, -0.25) is 9.59 Å². The quantitative estimate of drug-likeness (QED) is 0.381. The number of nitrogens with one attached hydrogen (secondary N) is 1. The van der Waals surface area contributed by atoms with E-state index in [0.717, 1.165) is 32.1 Å². The van der Waals surface area contributed by atoms with Crippen molar-refractivity contribution in [1.29, 1.82) is 0 Å². The Morgan fingerprint density at radius 1 is 0.865 bits per heavy atom. The third-order valence-corrected chi connectivity index (χ3v) is 14.2. The summed E-state index contributed by atoms with van der Waals surface area (Å²) in [6, 6.07) is 0.259. The summed E-state index contributed by atoms with van der Waals surface area (Å²) in [7, 11) is 0. The van der Waals surface area contributed by atoms with Crippen LogP contribution in [0.5, 0.6) is 0 Å². The predicted octanol–water partition coefficient (Wildman–Crippen LogP) is 7.62. The maximum absolute atomic E-state index is 12.8. The maximum atomic E-state index is 12.8. The lowest BCUT2D eigenvalue weighted by Crippen LogP contribution is -2.68. The first-order valence-electron chi connectivity index (χ1n) is 15.4. The summed E-state index contributed by atoms with van der Waals surface area (Å²) in [4.78, 5) is 25.2. The molecule has 5 aliphatic rings. The largest absolute Gasteiger partial charge is 0.481 e. The van der Waals surface area contributed by atoms with Gasteiger partial charge in [-0.15, -0.1) is 0 Å². The van der Waals surface area contributed by atoms with E-state index in [9.17, 15) is 14.7 Å². The van der Waals surface area contributed by atoms with Crippen LogP contribution in [0.1, 0.15) is 119 Å². The Kier molecular flexibility index (Phi) is 6.33. The van der Waals surface area contributed by atoms with Crippen LogP contribution in [0.3, 0.4) is 0 Å². The molecule has 4 unspecified atom stereocenters. The Labute approximate surface area is 225 Å². The van der Waals surface area contributed by atoms with Gasteiger partial charge in [0, 0.05) is 12.5 Å². The Morgan fingerprint density at radius 3 is 2.19 bits per heavy atom. The summed E-state index contributed by atoms with van der Waals surface area (Å²) in [5, 5.41) is 14.0. The zero-order valence-corrected chi connectivity index (χ0v) is 24.7. The summed E-state index contributed by atoms with van der Waals surface area (Å²) in [6.45, 7) is 21.1. The summed E-state index contributed by atoms with van der Waals surface area (Å²) < 4.78 is 0. The van der Waals surface area contributed by atoms with E-state index in [1.165, 1.54) is 37.7 Å². The third kappa shape index (κ3) is 3.45. The first kappa shape index (κ1) is 27.3. The molecule has 0 aromatic carbocycles. The van der Waals surface area contributed by atoms with Crippen LogP contribution in [0.25, 0.3) is 0 Å². The van der Waals surface area contributed by atoms with Crippen molar-refractivity contribution in [1.82, 2.24) is 5.32 Å². The van der Waals surface area contributed by atoms with Crippen molar-refractivity contribution >= 4 is 11.9 Å². The van der Waals surface area contributed by atoms with Crippen LogP contribution in [0.4, 0.5) is 0 Å². The summed E-state index contributed by atoms with van der Waals surface area (Å²) in [6.07, 6.45) is 11.4. The number of carbonyl (C=O) groups is 2. The minimum absolute atomic E-state index is 0.0818. The smallest absolute Gasteiger partial charge is 0.309 e. The maximum Gasteiger partial charge on any atom is 0.309 e. The average Bonchev–Trinajstić information content (AvgIpc) is 3.23. The molecule has 0 spiro atoms. The van der Waals surface area contributed by atoms with Crippen LogP contribution in [0, 0.1) is 56.7 Å². The lowest BCUT2D eigenvalue weighted by atomic mass is 9.32. The van der Waals surface area contributed by atoms with Gasteiger partial charge in [0.15, 0.2) is 0 Å². The highest BCUT2D eigenvalue weighted by Crippen LogP contribution is 2.77. The van der Waals surface area contributed by atoms with Crippen molar-refractivity contribution in [2.45, 2.75) is 125 Å². The van der Waals surface area contributed by atoms with Gasteiger partial charge in [0.25, 0.3) is 0 Å². The molecular weight excluding hydrogens is 458 g/mol. The van der Waals surface area contributed by atoms with Crippen LogP contribution in [0.2, 0.25) is 0 Å². The SMILES string of the molecule is C=C(C)C1CC[C@]2(C(=O)O)CC[C@]3(C)[C@H](CCC4[C@@]5(C)CC[C@H](NC(=O)CC)C(C)(C)C5CC[C@]43C)C12. The van der Waals surface area contributed by atoms with Crippen LogP contribution in [0.15, 0.2) is 12.2 Å². The molecule has 4 heteroatoms.